The van der Waals surface area contributed by atoms with Gasteiger partial charge in [-0.15, -0.1) is 0 Å². The highest BCUT2D eigenvalue weighted by Crippen LogP contribution is 2.32. The SMILES string of the molecule is COc1cccc(N2CC(NC(=O)C3CCCCC3(C)N)CC2=O)c1. The Balaban J connectivity index is 1.65. The minimum atomic E-state index is -0.461. The van der Waals surface area contributed by atoms with Gasteiger partial charge in [0.15, 0.2) is 0 Å². The number of anilines is 1. The lowest BCUT2D eigenvalue weighted by molar-refractivity contribution is -0.128. The lowest BCUT2D eigenvalue weighted by Crippen LogP contribution is -2.54. The van der Waals surface area contributed by atoms with Crippen molar-refractivity contribution in [2.45, 2.75) is 50.6 Å². The molecule has 1 aliphatic carbocycles. The molecule has 136 valence electrons. The molecule has 1 saturated carbocycles. The maximum Gasteiger partial charge on any atom is 0.229 e. The summed E-state index contributed by atoms with van der Waals surface area (Å²) in [7, 11) is 1.60. The van der Waals surface area contributed by atoms with Crippen LogP contribution in [-0.2, 0) is 9.59 Å². The van der Waals surface area contributed by atoms with Gasteiger partial charge in [0.05, 0.1) is 19.1 Å². The van der Waals surface area contributed by atoms with Crippen LogP contribution in [-0.4, -0.2) is 37.0 Å². The van der Waals surface area contributed by atoms with Crippen LogP contribution in [0.2, 0.25) is 0 Å². The standard InChI is InChI=1S/C19H27N3O3/c1-19(20)9-4-3-8-16(19)18(24)21-13-10-17(23)22(12-13)14-6-5-7-15(11-14)25-2/h5-7,11,13,16H,3-4,8-10,12,20H2,1-2H3,(H,21,24). The van der Waals surface area contributed by atoms with E-state index in [1.54, 1.807) is 12.0 Å². The molecule has 0 spiro atoms. The van der Waals surface area contributed by atoms with Crippen LogP contribution in [0, 0.1) is 5.92 Å². The highest BCUT2D eigenvalue weighted by molar-refractivity contribution is 5.97. The molecular formula is C19H27N3O3. The minimum absolute atomic E-state index is 0.0118. The summed E-state index contributed by atoms with van der Waals surface area (Å²) in [6, 6.07) is 7.23. The normalized spacial score (nSPS) is 29.6. The van der Waals surface area contributed by atoms with Crippen molar-refractivity contribution >= 4 is 17.5 Å². The molecule has 1 aromatic carbocycles. The average molecular weight is 345 g/mol. The lowest BCUT2D eigenvalue weighted by atomic mass is 9.74. The van der Waals surface area contributed by atoms with Crippen molar-refractivity contribution in [2.75, 3.05) is 18.6 Å². The molecule has 6 nitrogen and oxygen atoms in total. The number of hydrogen-bond donors (Lipinski definition) is 2. The predicted octanol–water partition coefficient (Wildman–Crippen LogP) is 1.82. The van der Waals surface area contributed by atoms with Crippen LogP contribution in [0.1, 0.15) is 39.0 Å². The zero-order valence-corrected chi connectivity index (χ0v) is 15.0. The van der Waals surface area contributed by atoms with Gasteiger partial charge in [-0.05, 0) is 31.9 Å². The smallest absolute Gasteiger partial charge is 0.229 e. The second kappa shape index (κ2) is 7.04. The monoisotopic (exact) mass is 345 g/mol. The van der Waals surface area contributed by atoms with E-state index in [0.717, 1.165) is 31.4 Å². The quantitative estimate of drug-likeness (QED) is 0.872. The van der Waals surface area contributed by atoms with E-state index in [1.165, 1.54) is 0 Å². The van der Waals surface area contributed by atoms with Gasteiger partial charge >= 0.3 is 0 Å². The van der Waals surface area contributed by atoms with Crippen molar-refractivity contribution in [3.05, 3.63) is 24.3 Å². The fourth-order valence-electron chi connectivity index (χ4n) is 3.92. The van der Waals surface area contributed by atoms with Crippen molar-refractivity contribution in [1.29, 1.82) is 0 Å². The third kappa shape index (κ3) is 3.79. The van der Waals surface area contributed by atoms with E-state index in [4.69, 9.17) is 10.5 Å². The number of benzene rings is 1. The molecular weight excluding hydrogens is 318 g/mol. The van der Waals surface area contributed by atoms with Gasteiger partial charge in [0.2, 0.25) is 11.8 Å². The van der Waals surface area contributed by atoms with Crippen LogP contribution >= 0.6 is 0 Å². The number of carbonyl (C=O) groups excluding carboxylic acids is 2. The number of nitrogens with zero attached hydrogens (tertiary/aromatic N) is 1. The second-order valence-corrected chi connectivity index (χ2v) is 7.42. The summed E-state index contributed by atoms with van der Waals surface area (Å²) in [5, 5.41) is 3.05. The summed E-state index contributed by atoms with van der Waals surface area (Å²) >= 11 is 0. The maximum absolute atomic E-state index is 12.7. The Labute approximate surface area is 148 Å². The van der Waals surface area contributed by atoms with Crippen molar-refractivity contribution in [2.24, 2.45) is 11.7 Å². The number of hydrogen-bond acceptors (Lipinski definition) is 4. The molecule has 1 heterocycles. The van der Waals surface area contributed by atoms with E-state index in [2.05, 4.69) is 5.32 Å². The largest absolute Gasteiger partial charge is 0.497 e. The molecule has 3 atom stereocenters. The zero-order chi connectivity index (χ0) is 18.0. The molecule has 1 aliphatic heterocycles. The van der Waals surface area contributed by atoms with Crippen molar-refractivity contribution in [1.82, 2.24) is 5.32 Å². The average Bonchev–Trinajstić information content (AvgIpc) is 2.94. The lowest BCUT2D eigenvalue weighted by Gasteiger charge is -2.37. The maximum atomic E-state index is 12.7. The number of nitrogens with two attached hydrogens (primary N) is 1. The first-order chi connectivity index (χ1) is 11.9. The number of methoxy groups -OCH3 is 1. The number of carbonyl (C=O) groups is 2. The number of amides is 2. The number of nitrogens with one attached hydrogen (secondary N) is 1. The van der Waals surface area contributed by atoms with Gasteiger partial charge in [0.1, 0.15) is 5.75 Å². The van der Waals surface area contributed by atoms with Crippen LogP contribution < -0.4 is 20.7 Å². The van der Waals surface area contributed by atoms with Gasteiger partial charge in [0, 0.05) is 30.3 Å². The summed E-state index contributed by atoms with van der Waals surface area (Å²) in [6.45, 7) is 2.44. The molecule has 3 rings (SSSR count). The highest BCUT2D eigenvalue weighted by Gasteiger charge is 2.40. The van der Waals surface area contributed by atoms with Crippen molar-refractivity contribution < 1.29 is 14.3 Å². The summed E-state index contributed by atoms with van der Waals surface area (Å²) in [5.74, 6) is 0.522. The van der Waals surface area contributed by atoms with Gasteiger partial charge in [-0.2, -0.15) is 0 Å². The Bertz CT molecular complexity index is 659. The fourth-order valence-corrected chi connectivity index (χ4v) is 3.92. The van der Waals surface area contributed by atoms with Gasteiger partial charge in [-0.3, -0.25) is 9.59 Å². The molecule has 6 heteroatoms. The van der Waals surface area contributed by atoms with Crippen molar-refractivity contribution in [3.63, 3.8) is 0 Å². The minimum Gasteiger partial charge on any atom is -0.497 e. The Morgan fingerprint density at radius 2 is 2.20 bits per heavy atom. The Morgan fingerprint density at radius 1 is 1.40 bits per heavy atom. The predicted molar refractivity (Wildman–Crippen MR) is 96.4 cm³/mol. The third-order valence-electron chi connectivity index (χ3n) is 5.41. The molecule has 0 aromatic heterocycles. The van der Waals surface area contributed by atoms with E-state index in [9.17, 15) is 9.59 Å². The summed E-state index contributed by atoms with van der Waals surface area (Å²) < 4.78 is 5.22. The highest BCUT2D eigenvalue weighted by atomic mass is 16.5. The summed E-state index contributed by atoms with van der Waals surface area (Å²) in [5.41, 5.74) is 6.66. The molecule has 0 bridgehead atoms. The van der Waals surface area contributed by atoms with Gasteiger partial charge < -0.3 is 20.7 Å². The molecule has 0 radical (unpaired) electrons. The molecule has 3 unspecified atom stereocenters. The van der Waals surface area contributed by atoms with E-state index >= 15 is 0 Å². The number of rotatable bonds is 4. The van der Waals surface area contributed by atoms with Crippen LogP contribution in [0.25, 0.3) is 0 Å². The molecule has 1 saturated heterocycles. The van der Waals surface area contributed by atoms with Crippen LogP contribution in [0.5, 0.6) is 5.75 Å². The van der Waals surface area contributed by atoms with Crippen LogP contribution in [0.3, 0.4) is 0 Å². The molecule has 2 fully saturated rings. The Kier molecular flexibility index (Phi) is 4.99. The second-order valence-electron chi connectivity index (χ2n) is 7.42. The molecule has 25 heavy (non-hydrogen) atoms. The molecule has 3 N–H and O–H groups in total. The van der Waals surface area contributed by atoms with Crippen molar-refractivity contribution in [3.8, 4) is 5.75 Å². The number of ether oxygens (including phenoxy) is 1. The van der Waals surface area contributed by atoms with Gasteiger partial charge in [-0.1, -0.05) is 18.9 Å². The molecule has 1 aromatic rings. The summed E-state index contributed by atoms with van der Waals surface area (Å²) in [4.78, 5) is 26.8. The summed E-state index contributed by atoms with van der Waals surface area (Å²) in [6.07, 6.45) is 4.10. The van der Waals surface area contributed by atoms with E-state index < -0.39 is 5.54 Å². The topological polar surface area (TPSA) is 84.7 Å². The van der Waals surface area contributed by atoms with E-state index in [0.29, 0.717) is 18.7 Å². The zero-order valence-electron chi connectivity index (χ0n) is 15.0. The fraction of sp³-hybridized carbons (Fsp3) is 0.579. The Hall–Kier alpha value is -2.08. The molecule has 2 aliphatic rings. The molecule has 2 amide bonds. The van der Waals surface area contributed by atoms with Gasteiger partial charge in [0.25, 0.3) is 0 Å². The first-order valence-corrected chi connectivity index (χ1v) is 8.94. The van der Waals surface area contributed by atoms with Gasteiger partial charge in [-0.25, -0.2) is 0 Å². The Morgan fingerprint density at radius 3 is 2.92 bits per heavy atom. The first kappa shape index (κ1) is 17.7. The van der Waals surface area contributed by atoms with Crippen LogP contribution in [0.4, 0.5) is 5.69 Å². The first-order valence-electron chi connectivity index (χ1n) is 8.94. The van der Waals surface area contributed by atoms with E-state index in [-0.39, 0.29) is 23.8 Å². The van der Waals surface area contributed by atoms with E-state index in [1.807, 2.05) is 31.2 Å². The van der Waals surface area contributed by atoms with Crippen LogP contribution in [0.15, 0.2) is 24.3 Å². The third-order valence-corrected chi connectivity index (χ3v) is 5.41.